The molecule has 16 heavy (non-hydrogen) atoms. The van der Waals surface area contributed by atoms with Gasteiger partial charge in [0.1, 0.15) is 0 Å². The Hall–Kier alpha value is -0.850. The Morgan fingerprint density at radius 3 is 2.56 bits per heavy atom. The summed E-state index contributed by atoms with van der Waals surface area (Å²) in [5.74, 6) is 0.285. The summed E-state index contributed by atoms with van der Waals surface area (Å²) < 4.78 is 28.0. The molecule has 0 saturated heterocycles. The van der Waals surface area contributed by atoms with E-state index in [1.54, 1.807) is 23.9 Å². The summed E-state index contributed by atoms with van der Waals surface area (Å²) in [5, 5.41) is 0. The predicted molar refractivity (Wildman–Crippen MR) is 63.3 cm³/mol. The number of nitrogens with two attached hydrogens (primary N) is 1. The van der Waals surface area contributed by atoms with Gasteiger partial charge < -0.3 is 10.3 Å². The molecule has 1 aromatic rings. The number of hydrogen-bond donors (Lipinski definition) is 2. The lowest BCUT2D eigenvalue weighted by molar-refractivity contribution is 0.560. The largest absolute Gasteiger partial charge is 0.352 e. The minimum absolute atomic E-state index is 0.274. The summed E-state index contributed by atoms with van der Waals surface area (Å²) in [6.07, 6.45) is 1.57. The summed E-state index contributed by atoms with van der Waals surface area (Å²) in [6, 6.07) is 1.60. The van der Waals surface area contributed by atoms with Crippen LogP contribution >= 0.6 is 0 Å². The fourth-order valence-electron chi connectivity index (χ4n) is 1.29. The molecular weight excluding hydrogens is 226 g/mol. The third-order valence-electron chi connectivity index (χ3n) is 2.28. The Morgan fingerprint density at radius 1 is 1.50 bits per heavy atom. The summed E-state index contributed by atoms with van der Waals surface area (Å²) in [6.45, 7) is 4.68. The Kier molecular flexibility index (Phi) is 4.12. The van der Waals surface area contributed by atoms with Gasteiger partial charge in [0.05, 0.1) is 4.90 Å². The second-order valence-electron chi connectivity index (χ2n) is 4.23. The van der Waals surface area contributed by atoms with Crippen molar-refractivity contribution in [1.82, 2.24) is 9.29 Å². The maximum Gasteiger partial charge on any atom is 0.242 e. The molecule has 5 nitrogen and oxygen atoms in total. The maximum absolute atomic E-state index is 11.9. The molecule has 0 fully saturated rings. The third kappa shape index (κ3) is 3.07. The monoisotopic (exact) mass is 245 g/mol. The van der Waals surface area contributed by atoms with Crippen molar-refractivity contribution in [2.45, 2.75) is 25.3 Å². The first-order valence-corrected chi connectivity index (χ1v) is 6.70. The summed E-state index contributed by atoms with van der Waals surface area (Å²) in [4.78, 5) is 0.274. The molecule has 0 aromatic carbocycles. The average Bonchev–Trinajstić information content (AvgIpc) is 2.57. The van der Waals surface area contributed by atoms with Gasteiger partial charge in [-0.25, -0.2) is 13.1 Å². The van der Waals surface area contributed by atoms with E-state index in [1.807, 2.05) is 13.8 Å². The Bertz CT molecular complexity index is 449. The van der Waals surface area contributed by atoms with Gasteiger partial charge in [0, 0.05) is 32.0 Å². The fourth-order valence-corrected chi connectivity index (χ4v) is 2.59. The van der Waals surface area contributed by atoms with Gasteiger partial charge in [0.2, 0.25) is 10.0 Å². The highest BCUT2D eigenvalue weighted by molar-refractivity contribution is 7.89. The van der Waals surface area contributed by atoms with E-state index in [-0.39, 0.29) is 10.8 Å². The first kappa shape index (κ1) is 13.2. The van der Waals surface area contributed by atoms with Crippen LogP contribution in [0.1, 0.15) is 19.5 Å². The smallest absolute Gasteiger partial charge is 0.242 e. The van der Waals surface area contributed by atoms with Gasteiger partial charge in [0.15, 0.2) is 0 Å². The quantitative estimate of drug-likeness (QED) is 0.789. The molecule has 0 spiro atoms. The van der Waals surface area contributed by atoms with E-state index in [0.717, 1.165) is 5.69 Å². The van der Waals surface area contributed by atoms with E-state index in [0.29, 0.717) is 13.1 Å². The minimum Gasteiger partial charge on any atom is -0.352 e. The number of hydrogen-bond acceptors (Lipinski definition) is 3. The molecule has 0 aliphatic heterocycles. The van der Waals surface area contributed by atoms with Crippen molar-refractivity contribution in [1.29, 1.82) is 0 Å². The van der Waals surface area contributed by atoms with Crippen molar-refractivity contribution >= 4 is 10.0 Å². The Balaban J connectivity index is 2.90. The lowest BCUT2D eigenvalue weighted by Gasteiger charge is -2.06. The molecule has 0 aliphatic carbocycles. The molecule has 1 aromatic heterocycles. The van der Waals surface area contributed by atoms with Gasteiger partial charge in [-0.1, -0.05) is 13.8 Å². The van der Waals surface area contributed by atoms with Crippen LogP contribution in [0.3, 0.4) is 0 Å². The lowest BCUT2D eigenvalue weighted by atomic mass is 10.2. The molecule has 0 saturated carbocycles. The van der Waals surface area contributed by atoms with Crippen molar-refractivity contribution in [3.8, 4) is 0 Å². The van der Waals surface area contributed by atoms with Crippen LogP contribution in [-0.2, 0) is 23.6 Å². The highest BCUT2D eigenvalue weighted by Crippen LogP contribution is 2.12. The van der Waals surface area contributed by atoms with E-state index in [2.05, 4.69) is 4.72 Å². The molecule has 0 aliphatic rings. The standard InChI is InChI=1S/C10H19N3O2S/c1-8(2)6-12-16(14,15)10-4-9(5-11)13(3)7-10/h4,7-8,12H,5-6,11H2,1-3H3. The van der Waals surface area contributed by atoms with Crippen LogP contribution in [0.15, 0.2) is 17.2 Å². The van der Waals surface area contributed by atoms with E-state index in [4.69, 9.17) is 5.73 Å². The van der Waals surface area contributed by atoms with Crippen molar-refractivity contribution in [2.75, 3.05) is 6.54 Å². The van der Waals surface area contributed by atoms with E-state index in [9.17, 15) is 8.42 Å². The van der Waals surface area contributed by atoms with Crippen molar-refractivity contribution in [2.24, 2.45) is 18.7 Å². The number of nitrogens with one attached hydrogen (secondary N) is 1. The highest BCUT2D eigenvalue weighted by atomic mass is 32.2. The third-order valence-corrected chi connectivity index (χ3v) is 3.67. The van der Waals surface area contributed by atoms with Crippen LogP contribution in [0.5, 0.6) is 0 Å². The van der Waals surface area contributed by atoms with Gasteiger partial charge in [-0.15, -0.1) is 0 Å². The van der Waals surface area contributed by atoms with Crippen LogP contribution in [0.25, 0.3) is 0 Å². The summed E-state index contributed by atoms with van der Waals surface area (Å²) >= 11 is 0. The van der Waals surface area contributed by atoms with Crippen molar-refractivity contribution in [3.63, 3.8) is 0 Å². The molecule has 1 rings (SSSR count). The second-order valence-corrected chi connectivity index (χ2v) is 5.99. The predicted octanol–water partition coefficient (Wildman–Crippen LogP) is 0.418. The van der Waals surface area contributed by atoms with Gasteiger partial charge in [0.25, 0.3) is 0 Å². The minimum atomic E-state index is -3.39. The molecule has 3 N–H and O–H groups in total. The number of aryl methyl sites for hydroxylation is 1. The number of sulfonamides is 1. The zero-order valence-corrected chi connectivity index (χ0v) is 10.7. The molecule has 0 amide bonds. The zero-order chi connectivity index (χ0) is 12.3. The molecular formula is C10H19N3O2S. The Labute approximate surface area is 96.7 Å². The zero-order valence-electron chi connectivity index (χ0n) is 9.90. The molecule has 0 bridgehead atoms. The molecule has 1 heterocycles. The SMILES string of the molecule is CC(C)CNS(=O)(=O)c1cc(CN)n(C)c1. The molecule has 6 heteroatoms. The van der Waals surface area contributed by atoms with Gasteiger partial charge in [-0.05, 0) is 12.0 Å². The molecule has 0 radical (unpaired) electrons. The fraction of sp³-hybridized carbons (Fsp3) is 0.600. The van der Waals surface area contributed by atoms with Crippen molar-refractivity contribution < 1.29 is 8.42 Å². The molecule has 92 valence electrons. The topological polar surface area (TPSA) is 77.1 Å². The van der Waals surface area contributed by atoms with E-state index < -0.39 is 10.0 Å². The van der Waals surface area contributed by atoms with Crippen LogP contribution in [0.2, 0.25) is 0 Å². The van der Waals surface area contributed by atoms with Crippen molar-refractivity contribution in [3.05, 3.63) is 18.0 Å². The normalized spacial score (nSPS) is 12.3. The van der Waals surface area contributed by atoms with Gasteiger partial charge in [-0.3, -0.25) is 0 Å². The summed E-state index contributed by atoms with van der Waals surface area (Å²) in [5.41, 5.74) is 6.29. The Morgan fingerprint density at radius 2 is 2.12 bits per heavy atom. The van der Waals surface area contributed by atoms with Crippen LogP contribution in [0, 0.1) is 5.92 Å². The summed E-state index contributed by atoms with van der Waals surface area (Å²) in [7, 11) is -1.61. The number of aromatic nitrogens is 1. The van der Waals surface area contributed by atoms with Gasteiger partial charge >= 0.3 is 0 Å². The average molecular weight is 245 g/mol. The number of rotatable bonds is 5. The van der Waals surface area contributed by atoms with Crippen LogP contribution in [-0.4, -0.2) is 19.5 Å². The van der Waals surface area contributed by atoms with E-state index >= 15 is 0 Å². The maximum atomic E-state index is 11.9. The molecule has 0 atom stereocenters. The first-order chi connectivity index (χ1) is 7.36. The second kappa shape index (κ2) is 4.99. The van der Waals surface area contributed by atoms with Crippen LogP contribution in [0.4, 0.5) is 0 Å². The van der Waals surface area contributed by atoms with Gasteiger partial charge in [-0.2, -0.15) is 0 Å². The first-order valence-electron chi connectivity index (χ1n) is 5.21. The van der Waals surface area contributed by atoms with Crippen LogP contribution < -0.4 is 10.5 Å². The van der Waals surface area contributed by atoms with E-state index in [1.165, 1.54) is 0 Å². The number of nitrogens with zero attached hydrogens (tertiary/aromatic N) is 1. The lowest BCUT2D eigenvalue weighted by Crippen LogP contribution is -2.27. The molecule has 0 unspecified atom stereocenters. The highest BCUT2D eigenvalue weighted by Gasteiger charge is 2.16.